The number of benzene rings is 1. The highest BCUT2D eigenvalue weighted by Crippen LogP contribution is 2.38. The second-order valence-corrected chi connectivity index (χ2v) is 7.89. The Morgan fingerprint density at radius 3 is 2.54 bits per heavy atom. The van der Waals surface area contributed by atoms with Crippen LogP contribution in [0.5, 0.6) is 0 Å². The van der Waals surface area contributed by atoms with E-state index >= 15 is 0 Å². The number of ether oxygens (including phenoxy) is 1. The van der Waals surface area contributed by atoms with E-state index in [1.807, 2.05) is 53.6 Å². The second-order valence-electron chi connectivity index (χ2n) is 6.54. The molecule has 138 valence electrons. The standard InChI is InChI=1S/C20H22ClNO3S/c1-2-25-19(24)20(14-15-6-3-4-7-16(15)21)9-11-22(12-10-20)18(23)17-8-5-13-26-17/h3-8,13H,2,9-12,14H2,1H3. The number of esters is 1. The Hall–Kier alpha value is -1.85. The third-order valence-electron chi connectivity index (χ3n) is 4.93. The predicted molar refractivity (Wildman–Crippen MR) is 104 cm³/mol. The molecule has 0 N–H and O–H groups in total. The number of piperidine rings is 1. The van der Waals surface area contributed by atoms with Crippen molar-refractivity contribution in [3.63, 3.8) is 0 Å². The van der Waals surface area contributed by atoms with E-state index in [1.165, 1.54) is 11.3 Å². The molecule has 2 heterocycles. The molecular formula is C20H22ClNO3S. The summed E-state index contributed by atoms with van der Waals surface area (Å²) in [5, 5.41) is 2.56. The van der Waals surface area contributed by atoms with E-state index in [-0.39, 0.29) is 11.9 Å². The molecule has 1 saturated heterocycles. The van der Waals surface area contributed by atoms with E-state index in [2.05, 4.69) is 0 Å². The zero-order chi connectivity index (χ0) is 18.6. The van der Waals surface area contributed by atoms with Crippen LogP contribution in [0.4, 0.5) is 0 Å². The predicted octanol–water partition coefficient (Wildman–Crippen LogP) is 4.43. The van der Waals surface area contributed by atoms with Crippen LogP contribution in [-0.2, 0) is 16.0 Å². The molecule has 1 amide bonds. The molecule has 0 spiro atoms. The van der Waals surface area contributed by atoms with Crippen molar-refractivity contribution in [3.8, 4) is 0 Å². The number of likely N-dealkylation sites (tertiary alicyclic amines) is 1. The first kappa shape index (κ1) is 18.9. The molecule has 0 saturated carbocycles. The topological polar surface area (TPSA) is 46.6 Å². The third kappa shape index (κ3) is 3.94. The Morgan fingerprint density at radius 1 is 1.19 bits per heavy atom. The Bertz CT molecular complexity index is 767. The van der Waals surface area contributed by atoms with Gasteiger partial charge in [0.05, 0.1) is 16.9 Å². The first-order chi connectivity index (χ1) is 12.6. The molecule has 1 aliphatic heterocycles. The Balaban J connectivity index is 1.77. The number of hydrogen-bond donors (Lipinski definition) is 0. The van der Waals surface area contributed by atoms with Gasteiger partial charge in [0.1, 0.15) is 0 Å². The molecule has 0 bridgehead atoms. The van der Waals surface area contributed by atoms with Crippen molar-refractivity contribution in [1.29, 1.82) is 0 Å². The minimum atomic E-state index is -0.632. The number of hydrogen-bond acceptors (Lipinski definition) is 4. The fraction of sp³-hybridized carbons (Fsp3) is 0.400. The smallest absolute Gasteiger partial charge is 0.312 e. The van der Waals surface area contributed by atoms with E-state index in [0.717, 1.165) is 10.4 Å². The Kier molecular flexibility index (Phi) is 5.99. The van der Waals surface area contributed by atoms with E-state index < -0.39 is 5.41 Å². The van der Waals surface area contributed by atoms with Gasteiger partial charge in [0.25, 0.3) is 5.91 Å². The van der Waals surface area contributed by atoms with Crippen LogP contribution >= 0.6 is 22.9 Å². The van der Waals surface area contributed by atoms with Crippen molar-refractivity contribution in [1.82, 2.24) is 4.90 Å². The highest BCUT2D eigenvalue weighted by molar-refractivity contribution is 7.12. The van der Waals surface area contributed by atoms with Crippen molar-refractivity contribution < 1.29 is 14.3 Å². The third-order valence-corrected chi connectivity index (χ3v) is 6.16. The number of nitrogens with zero attached hydrogens (tertiary/aromatic N) is 1. The van der Waals surface area contributed by atoms with Gasteiger partial charge >= 0.3 is 5.97 Å². The van der Waals surface area contributed by atoms with Crippen LogP contribution in [0, 0.1) is 5.41 Å². The van der Waals surface area contributed by atoms with Gasteiger partial charge < -0.3 is 9.64 Å². The minimum absolute atomic E-state index is 0.0372. The second kappa shape index (κ2) is 8.23. The quantitative estimate of drug-likeness (QED) is 0.708. The fourth-order valence-electron chi connectivity index (χ4n) is 3.44. The van der Waals surface area contributed by atoms with Gasteiger partial charge in [-0.2, -0.15) is 0 Å². The van der Waals surface area contributed by atoms with Gasteiger partial charge in [0.2, 0.25) is 0 Å². The molecule has 0 atom stereocenters. The van der Waals surface area contributed by atoms with Gasteiger partial charge in [-0.15, -0.1) is 11.3 Å². The van der Waals surface area contributed by atoms with Gasteiger partial charge in [-0.1, -0.05) is 35.9 Å². The van der Waals surface area contributed by atoms with Gasteiger partial charge in [-0.25, -0.2) is 0 Å². The number of thiophene rings is 1. The summed E-state index contributed by atoms with van der Waals surface area (Å²) in [4.78, 5) is 27.9. The zero-order valence-corrected chi connectivity index (χ0v) is 16.3. The highest BCUT2D eigenvalue weighted by Gasteiger charge is 2.44. The van der Waals surface area contributed by atoms with E-state index in [4.69, 9.17) is 16.3 Å². The lowest BCUT2D eigenvalue weighted by atomic mass is 9.73. The SMILES string of the molecule is CCOC(=O)C1(Cc2ccccc2Cl)CCN(C(=O)c2cccs2)CC1. The first-order valence-corrected chi connectivity index (χ1v) is 10.0. The summed E-state index contributed by atoms with van der Waals surface area (Å²) in [6, 6.07) is 11.3. The van der Waals surface area contributed by atoms with Crippen LogP contribution in [0.2, 0.25) is 5.02 Å². The van der Waals surface area contributed by atoms with Crippen LogP contribution < -0.4 is 0 Å². The van der Waals surface area contributed by atoms with Crippen LogP contribution in [0.3, 0.4) is 0 Å². The number of halogens is 1. The summed E-state index contributed by atoms with van der Waals surface area (Å²) in [6.07, 6.45) is 1.69. The van der Waals surface area contributed by atoms with E-state index in [0.29, 0.717) is 44.0 Å². The van der Waals surface area contributed by atoms with Crippen molar-refractivity contribution in [3.05, 3.63) is 57.2 Å². The number of carbonyl (C=O) groups is 2. The first-order valence-electron chi connectivity index (χ1n) is 8.79. The van der Waals surface area contributed by atoms with Gasteiger partial charge in [-0.05, 0) is 49.3 Å². The molecule has 0 unspecified atom stereocenters. The summed E-state index contributed by atoms with van der Waals surface area (Å²) in [5.41, 5.74) is 0.313. The number of carbonyl (C=O) groups excluding carboxylic acids is 2. The minimum Gasteiger partial charge on any atom is -0.466 e. The number of amides is 1. The zero-order valence-electron chi connectivity index (χ0n) is 14.7. The normalized spacial score (nSPS) is 16.3. The van der Waals surface area contributed by atoms with Crippen LogP contribution in [0.1, 0.15) is 35.0 Å². The molecule has 0 aliphatic carbocycles. The molecule has 26 heavy (non-hydrogen) atoms. The number of rotatable bonds is 5. The Morgan fingerprint density at radius 2 is 1.92 bits per heavy atom. The molecule has 6 heteroatoms. The summed E-state index contributed by atoms with van der Waals surface area (Å²) in [5.74, 6) is -0.154. The average molecular weight is 392 g/mol. The maximum atomic E-state index is 12.8. The fourth-order valence-corrected chi connectivity index (χ4v) is 4.33. The Labute approximate surface area is 162 Å². The lowest BCUT2D eigenvalue weighted by Gasteiger charge is -2.40. The summed E-state index contributed by atoms with van der Waals surface area (Å²) in [7, 11) is 0. The highest BCUT2D eigenvalue weighted by atomic mass is 35.5. The maximum Gasteiger partial charge on any atom is 0.312 e. The van der Waals surface area contributed by atoms with Crippen LogP contribution in [0.25, 0.3) is 0 Å². The monoisotopic (exact) mass is 391 g/mol. The van der Waals surface area contributed by atoms with Crippen LogP contribution in [0.15, 0.2) is 41.8 Å². The van der Waals surface area contributed by atoms with Gasteiger partial charge in [0.15, 0.2) is 0 Å². The van der Waals surface area contributed by atoms with Gasteiger partial charge in [-0.3, -0.25) is 9.59 Å². The molecule has 1 aromatic heterocycles. The molecule has 1 aromatic carbocycles. The van der Waals surface area contributed by atoms with Crippen molar-refractivity contribution in [2.45, 2.75) is 26.2 Å². The molecule has 0 radical (unpaired) electrons. The molecule has 1 fully saturated rings. The molecule has 4 nitrogen and oxygen atoms in total. The van der Waals surface area contributed by atoms with Gasteiger partial charge in [0, 0.05) is 18.1 Å². The molecule has 1 aliphatic rings. The summed E-state index contributed by atoms with van der Waals surface area (Å²) in [6.45, 7) is 3.25. The van der Waals surface area contributed by atoms with E-state index in [9.17, 15) is 9.59 Å². The molecular weight excluding hydrogens is 370 g/mol. The summed E-state index contributed by atoms with van der Waals surface area (Å²) < 4.78 is 5.38. The lowest BCUT2D eigenvalue weighted by molar-refractivity contribution is -0.158. The van der Waals surface area contributed by atoms with Crippen LogP contribution in [-0.4, -0.2) is 36.5 Å². The maximum absolute atomic E-state index is 12.8. The largest absolute Gasteiger partial charge is 0.466 e. The van der Waals surface area contributed by atoms with Crippen molar-refractivity contribution in [2.24, 2.45) is 5.41 Å². The molecule has 2 aromatic rings. The average Bonchev–Trinajstić information content (AvgIpc) is 3.18. The van der Waals surface area contributed by atoms with Crippen molar-refractivity contribution in [2.75, 3.05) is 19.7 Å². The van der Waals surface area contributed by atoms with Crippen molar-refractivity contribution >= 4 is 34.8 Å². The summed E-state index contributed by atoms with van der Waals surface area (Å²) >= 11 is 7.76. The molecule has 3 rings (SSSR count). The lowest BCUT2D eigenvalue weighted by Crippen LogP contribution is -2.48. The van der Waals surface area contributed by atoms with E-state index in [1.54, 1.807) is 0 Å².